The van der Waals surface area contributed by atoms with E-state index in [1.165, 1.54) is 0 Å². The maximum absolute atomic E-state index is 13.1. The van der Waals surface area contributed by atoms with Gasteiger partial charge in [-0.25, -0.2) is 4.79 Å². The van der Waals surface area contributed by atoms with E-state index in [1.54, 1.807) is 52.3 Å². The average Bonchev–Trinajstić information content (AvgIpc) is 2.82. The first-order chi connectivity index (χ1) is 17.4. The molecule has 0 unspecified atom stereocenters. The second-order valence-electron chi connectivity index (χ2n) is 10.4. The van der Waals surface area contributed by atoms with Crippen LogP contribution in [0.4, 0.5) is 16.2 Å². The fourth-order valence-corrected chi connectivity index (χ4v) is 4.23. The number of carbonyl (C=O) groups excluding carboxylic acids is 2. The lowest BCUT2D eigenvalue weighted by molar-refractivity contribution is 0.0635. The van der Waals surface area contributed by atoms with Gasteiger partial charge < -0.3 is 19.9 Å². The third-order valence-electron chi connectivity index (χ3n) is 5.38. The quantitative estimate of drug-likeness (QED) is 0.216. The van der Waals surface area contributed by atoms with E-state index in [0.29, 0.717) is 36.2 Å². The zero-order valence-electron chi connectivity index (χ0n) is 22.1. The number of ether oxygens (including phenoxy) is 1. The Morgan fingerprint density at radius 3 is 2.14 bits per heavy atom. The summed E-state index contributed by atoms with van der Waals surface area (Å²) in [6.45, 7) is 10.2. The first-order valence-corrected chi connectivity index (χ1v) is 15.0. The number of amides is 2. The Labute approximate surface area is 219 Å². The van der Waals surface area contributed by atoms with Gasteiger partial charge in [-0.3, -0.25) is 10.1 Å². The summed E-state index contributed by atoms with van der Waals surface area (Å²) in [5.74, 6) is -0.296. The third-order valence-corrected chi connectivity index (χ3v) is 6.68. The molecule has 3 N–H and O–H groups in total. The molecule has 7 nitrogen and oxygen atoms in total. The minimum absolute atomic E-state index is 0.296. The number of hydrogen-bond acceptors (Lipinski definition) is 5. The fourth-order valence-electron chi connectivity index (χ4n) is 3.53. The molecule has 0 heterocycles. The highest BCUT2D eigenvalue weighted by Gasteiger charge is 2.18. The van der Waals surface area contributed by atoms with Crippen LogP contribution in [-0.4, -0.2) is 43.6 Å². The molecule has 8 heteroatoms. The summed E-state index contributed by atoms with van der Waals surface area (Å²) in [6, 6.07) is 22.6. The number of carbonyl (C=O) groups is 2. The Bertz CT molecular complexity index is 1260. The van der Waals surface area contributed by atoms with Crippen molar-refractivity contribution in [3.8, 4) is 11.1 Å². The predicted octanol–water partition coefficient (Wildman–Crippen LogP) is 6.67. The Hall–Kier alpha value is -3.41. The first-order valence-electron chi connectivity index (χ1n) is 12.2. The number of benzene rings is 3. The van der Waals surface area contributed by atoms with Gasteiger partial charge in [0.05, 0.1) is 18.5 Å². The maximum atomic E-state index is 13.1. The maximum Gasteiger partial charge on any atom is 0.412 e. The largest absolute Gasteiger partial charge is 0.444 e. The number of rotatable bonds is 9. The molecule has 3 aromatic rings. The number of nitrogens with one attached hydrogen (secondary N) is 3. The highest BCUT2D eigenvalue weighted by molar-refractivity contribution is 7.62. The van der Waals surface area contributed by atoms with Crippen LogP contribution < -0.4 is 16.0 Å². The molecule has 0 aliphatic heterocycles. The fraction of sp³-hybridized carbons (Fsp3) is 0.310. The number of anilines is 2. The molecule has 0 saturated heterocycles. The van der Waals surface area contributed by atoms with Crippen molar-refractivity contribution in [1.29, 1.82) is 0 Å². The molecule has 0 fully saturated rings. The minimum Gasteiger partial charge on any atom is -0.444 e. The van der Waals surface area contributed by atoms with Gasteiger partial charge >= 0.3 is 6.09 Å². The van der Waals surface area contributed by atoms with E-state index in [-0.39, 0.29) is 5.91 Å². The van der Waals surface area contributed by atoms with Crippen molar-refractivity contribution < 1.29 is 18.9 Å². The van der Waals surface area contributed by atoms with Crippen LogP contribution in [0.1, 0.15) is 36.7 Å². The second kappa shape index (κ2) is 12.2. The lowest BCUT2D eigenvalue weighted by Crippen LogP contribution is -2.27. The van der Waals surface area contributed by atoms with Crippen molar-refractivity contribution in [1.82, 2.24) is 5.32 Å². The number of hydrogen-bond donors (Lipinski definition) is 3. The van der Waals surface area contributed by atoms with Crippen molar-refractivity contribution in [3.05, 3.63) is 83.9 Å². The highest BCUT2D eigenvalue weighted by Crippen LogP contribution is 2.34. The van der Waals surface area contributed by atoms with E-state index in [2.05, 4.69) is 16.0 Å². The topological polar surface area (TPSA) is 96.5 Å². The van der Waals surface area contributed by atoms with Gasteiger partial charge in [-0.05, 0) is 75.1 Å². The predicted molar refractivity (Wildman–Crippen MR) is 152 cm³/mol. The van der Waals surface area contributed by atoms with Gasteiger partial charge in [0, 0.05) is 24.8 Å². The van der Waals surface area contributed by atoms with Crippen molar-refractivity contribution in [2.24, 2.45) is 0 Å². The van der Waals surface area contributed by atoms with Gasteiger partial charge in [-0.1, -0.05) is 48.5 Å². The van der Waals surface area contributed by atoms with Gasteiger partial charge in [-0.15, -0.1) is 0 Å². The summed E-state index contributed by atoms with van der Waals surface area (Å²) in [5, 5.41) is 8.97. The average molecular weight is 522 g/mol. The molecule has 0 aliphatic rings. The van der Waals surface area contributed by atoms with Gasteiger partial charge in [-0.2, -0.15) is 0 Å². The molecule has 3 rings (SSSR count). The first kappa shape index (κ1) is 28.2. The molecule has 196 valence electrons. The molecule has 0 aliphatic carbocycles. The zero-order valence-corrected chi connectivity index (χ0v) is 23.0. The monoisotopic (exact) mass is 521 g/mol. The van der Waals surface area contributed by atoms with E-state index in [4.69, 9.17) is 4.74 Å². The van der Waals surface area contributed by atoms with Gasteiger partial charge in [0.15, 0.2) is 0 Å². The summed E-state index contributed by atoms with van der Waals surface area (Å²) >= 11 is 0. The normalized spacial score (nSPS) is 11.6. The van der Waals surface area contributed by atoms with E-state index < -0.39 is 18.8 Å². The molecule has 3 aromatic carbocycles. The van der Waals surface area contributed by atoms with Crippen molar-refractivity contribution in [2.45, 2.75) is 32.9 Å². The third kappa shape index (κ3) is 9.52. The van der Waals surface area contributed by atoms with Gasteiger partial charge in [0.1, 0.15) is 5.60 Å². The molecular weight excluding hydrogens is 485 g/mol. The molecule has 0 atom stereocenters. The molecule has 37 heavy (non-hydrogen) atoms. The molecular formula is C29H36N3O4P. The van der Waals surface area contributed by atoms with Crippen LogP contribution in [0.2, 0.25) is 0 Å². The Kier molecular flexibility index (Phi) is 9.30. The molecule has 0 radical (unpaired) electrons. The molecule has 0 bridgehead atoms. The van der Waals surface area contributed by atoms with E-state index >= 15 is 0 Å². The Morgan fingerprint density at radius 2 is 1.51 bits per heavy atom. The van der Waals surface area contributed by atoms with Gasteiger partial charge in [0.2, 0.25) is 0 Å². The van der Waals surface area contributed by atoms with E-state index in [1.807, 2.05) is 54.6 Å². The summed E-state index contributed by atoms with van der Waals surface area (Å²) in [7, 11) is -2.04. The summed E-state index contributed by atoms with van der Waals surface area (Å²) < 4.78 is 17.2. The van der Waals surface area contributed by atoms with Crippen molar-refractivity contribution >= 4 is 30.5 Å². The Morgan fingerprint density at radius 1 is 0.838 bits per heavy atom. The lowest BCUT2D eigenvalue weighted by atomic mass is 10.0. The molecule has 0 spiro atoms. The van der Waals surface area contributed by atoms with Crippen LogP contribution in [0, 0.1) is 0 Å². The molecule has 0 aromatic heterocycles. The lowest BCUT2D eigenvalue weighted by Gasteiger charge is -2.21. The van der Waals surface area contributed by atoms with E-state index in [9.17, 15) is 14.2 Å². The van der Waals surface area contributed by atoms with Crippen LogP contribution in [0.25, 0.3) is 11.1 Å². The summed E-state index contributed by atoms with van der Waals surface area (Å²) in [5.41, 5.74) is 3.65. The minimum atomic E-state index is -2.04. The van der Waals surface area contributed by atoms with Crippen molar-refractivity contribution in [3.63, 3.8) is 0 Å². The van der Waals surface area contributed by atoms with Crippen LogP contribution in [-0.2, 0) is 15.8 Å². The van der Waals surface area contributed by atoms with Gasteiger partial charge in [0.25, 0.3) is 5.91 Å². The zero-order chi connectivity index (χ0) is 27.1. The molecule has 2 amide bonds. The smallest absolute Gasteiger partial charge is 0.412 e. The van der Waals surface area contributed by atoms with Crippen molar-refractivity contribution in [2.75, 3.05) is 36.7 Å². The van der Waals surface area contributed by atoms with Crippen LogP contribution in [0.5, 0.6) is 0 Å². The van der Waals surface area contributed by atoms with E-state index in [0.717, 1.165) is 16.7 Å². The summed E-state index contributed by atoms with van der Waals surface area (Å²) in [6.07, 6.45) is 0.0460. The standard InChI is InChI=1S/C29H36N3O4P/c1-29(2,3)36-28(34)32-25-16-15-24(22-9-7-6-8-10-22)19-26(25)31-27(33)23-13-11-21(12-14-23)20-30-17-18-37(4,5)35/h6-16,19,30H,17-18,20H2,1-5H3,(H,31,33)(H,32,34). The summed E-state index contributed by atoms with van der Waals surface area (Å²) in [4.78, 5) is 25.5. The highest BCUT2D eigenvalue weighted by atomic mass is 31.2. The Balaban J connectivity index is 1.75. The SMILES string of the molecule is CC(C)(C)OC(=O)Nc1ccc(-c2ccccc2)cc1NC(=O)c1ccc(CNCCP(C)(C)=O)cc1. The molecule has 0 saturated carbocycles. The van der Waals surface area contributed by atoms with Crippen LogP contribution in [0.3, 0.4) is 0 Å². The second-order valence-corrected chi connectivity index (χ2v) is 14.0. The van der Waals surface area contributed by atoms with Crippen LogP contribution >= 0.6 is 7.14 Å². The van der Waals surface area contributed by atoms with Crippen LogP contribution in [0.15, 0.2) is 72.8 Å².